The highest BCUT2D eigenvalue weighted by Gasteiger charge is 2.31. The molecule has 0 unspecified atom stereocenters. The molecule has 0 fully saturated rings. The Morgan fingerprint density at radius 1 is 1.29 bits per heavy atom. The number of nitrogens with zero attached hydrogens (tertiary/aromatic N) is 2. The molecule has 122 valence electrons. The predicted molar refractivity (Wildman–Crippen MR) is 86.9 cm³/mol. The van der Waals surface area contributed by atoms with Gasteiger partial charge in [-0.15, -0.1) is 0 Å². The van der Waals surface area contributed by atoms with E-state index in [1.54, 1.807) is 30.3 Å². The van der Waals surface area contributed by atoms with Gasteiger partial charge in [0.1, 0.15) is 17.4 Å². The average molecular weight is 343 g/mol. The molecule has 3 rings (SSSR count). The number of anilines is 1. The second-order valence-electron chi connectivity index (χ2n) is 5.07. The van der Waals surface area contributed by atoms with Crippen molar-refractivity contribution in [2.24, 2.45) is 0 Å². The van der Waals surface area contributed by atoms with Gasteiger partial charge in [-0.3, -0.25) is 9.10 Å². The second kappa shape index (κ2) is 6.22. The molecule has 1 aliphatic heterocycles. The van der Waals surface area contributed by atoms with Crippen LogP contribution in [0.3, 0.4) is 0 Å². The molecule has 0 spiro atoms. The Morgan fingerprint density at radius 2 is 2.08 bits per heavy atom. The minimum absolute atomic E-state index is 0.242. The standard InChI is InChI=1S/C16H13N3O4S/c17-11-13(10-14-5-3-9-23-14)16(20)18-24(21,22)19-8-7-12-4-1-2-6-15(12)19/h1-6,9-10H,7-8H2,(H,18,20). The second-order valence-corrected chi connectivity index (χ2v) is 6.67. The van der Waals surface area contributed by atoms with Crippen molar-refractivity contribution in [1.29, 1.82) is 5.26 Å². The largest absolute Gasteiger partial charge is 0.465 e. The molecule has 24 heavy (non-hydrogen) atoms. The van der Waals surface area contributed by atoms with Gasteiger partial charge in [0.15, 0.2) is 0 Å². The molecule has 1 aromatic carbocycles. The number of carbonyl (C=O) groups is 1. The summed E-state index contributed by atoms with van der Waals surface area (Å²) >= 11 is 0. The van der Waals surface area contributed by atoms with Gasteiger partial charge in [-0.1, -0.05) is 18.2 Å². The fourth-order valence-corrected chi connectivity index (χ4v) is 3.67. The molecule has 0 saturated heterocycles. The fourth-order valence-electron chi connectivity index (χ4n) is 2.45. The Morgan fingerprint density at radius 3 is 2.79 bits per heavy atom. The number of amides is 1. The van der Waals surface area contributed by atoms with Gasteiger partial charge in [0.2, 0.25) is 0 Å². The van der Waals surface area contributed by atoms with Gasteiger partial charge in [-0.25, -0.2) is 4.72 Å². The van der Waals surface area contributed by atoms with Gasteiger partial charge >= 0.3 is 10.2 Å². The Kier molecular flexibility index (Phi) is 4.10. The summed E-state index contributed by atoms with van der Waals surface area (Å²) < 4.78 is 33.0. The summed E-state index contributed by atoms with van der Waals surface area (Å²) in [6.07, 6.45) is 3.14. The molecular formula is C16H13N3O4S. The molecule has 0 bridgehead atoms. The maximum Gasteiger partial charge on any atom is 0.326 e. The van der Waals surface area contributed by atoms with Crippen molar-refractivity contribution in [2.75, 3.05) is 10.8 Å². The van der Waals surface area contributed by atoms with Gasteiger partial charge in [0.25, 0.3) is 5.91 Å². The molecule has 1 aromatic heterocycles. The smallest absolute Gasteiger partial charge is 0.326 e. The Hall–Kier alpha value is -3.05. The van der Waals surface area contributed by atoms with Crippen LogP contribution in [0.2, 0.25) is 0 Å². The van der Waals surface area contributed by atoms with E-state index in [-0.39, 0.29) is 17.9 Å². The highest BCUT2D eigenvalue weighted by molar-refractivity contribution is 7.91. The Bertz CT molecular complexity index is 940. The molecule has 0 aliphatic carbocycles. The highest BCUT2D eigenvalue weighted by atomic mass is 32.2. The normalized spacial score (nSPS) is 14.1. The van der Waals surface area contributed by atoms with Crippen molar-refractivity contribution in [3.05, 3.63) is 59.6 Å². The number of nitrogens with one attached hydrogen (secondary N) is 1. The zero-order valence-corrected chi connectivity index (χ0v) is 13.3. The van der Waals surface area contributed by atoms with Crippen LogP contribution in [-0.2, 0) is 21.4 Å². The van der Waals surface area contributed by atoms with Crippen molar-refractivity contribution in [2.45, 2.75) is 6.42 Å². The minimum Gasteiger partial charge on any atom is -0.465 e. The van der Waals surface area contributed by atoms with E-state index in [9.17, 15) is 13.2 Å². The molecule has 8 heteroatoms. The number of carbonyl (C=O) groups excluding carboxylic acids is 1. The van der Waals surface area contributed by atoms with E-state index in [1.165, 1.54) is 12.3 Å². The van der Waals surface area contributed by atoms with Crippen molar-refractivity contribution < 1.29 is 17.6 Å². The predicted octanol–water partition coefficient (Wildman–Crippen LogP) is 1.61. The molecule has 1 N–H and O–H groups in total. The van der Waals surface area contributed by atoms with Gasteiger partial charge in [-0.05, 0) is 30.2 Å². The van der Waals surface area contributed by atoms with Crippen molar-refractivity contribution in [3.63, 3.8) is 0 Å². The molecule has 2 heterocycles. The highest BCUT2D eigenvalue weighted by Crippen LogP contribution is 2.29. The summed E-state index contributed by atoms with van der Waals surface area (Å²) in [6, 6.07) is 11.9. The molecule has 1 amide bonds. The molecule has 0 radical (unpaired) electrons. The van der Waals surface area contributed by atoms with E-state index in [0.717, 1.165) is 9.87 Å². The number of rotatable bonds is 4. The van der Waals surface area contributed by atoms with Gasteiger partial charge in [0.05, 0.1) is 12.0 Å². The van der Waals surface area contributed by atoms with Crippen LogP contribution >= 0.6 is 0 Å². The SMILES string of the molecule is N#CC(=Cc1ccco1)C(=O)NS(=O)(=O)N1CCc2ccccc21. The maximum absolute atomic E-state index is 12.5. The molecule has 2 aromatic rings. The van der Waals surface area contributed by atoms with Gasteiger partial charge in [0, 0.05) is 12.6 Å². The van der Waals surface area contributed by atoms with Crippen LogP contribution < -0.4 is 9.03 Å². The van der Waals surface area contributed by atoms with Crippen molar-refractivity contribution in [3.8, 4) is 6.07 Å². The van der Waals surface area contributed by atoms with Crippen LogP contribution in [0, 0.1) is 11.3 Å². The van der Waals surface area contributed by atoms with E-state index in [1.807, 2.05) is 16.9 Å². The lowest BCUT2D eigenvalue weighted by Gasteiger charge is -2.19. The van der Waals surface area contributed by atoms with Crippen LogP contribution in [0.15, 0.2) is 52.7 Å². The first-order valence-corrected chi connectivity index (χ1v) is 8.53. The minimum atomic E-state index is -4.10. The van der Waals surface area contributed by atoms with Crippen LogP contribution in [0.4, 0.5) is 5.69 Å². The third-order valence-corrected chi connectivity index (χ3v) is 4.95. The number of fused-ring (bicyclic) bond motifs is 1. The van der Waals surface area contributed by atoms with Crippen molar-refractivity contribution >= 4 is 27.9 Å². The summed E-state index contributed by atoms with van der Waals surface area (Å²) in [5.74, 6) is -0.719. The number of para-hydroxylation sites is 1. The summed E-state index contributed by atoms with van der Waals surface area (Å²) in [4.78, 5) is 12.1. The zero-order valence-electron chi connectivity index (χ0n) is 12.5. The molecule has 1 aliphatic rings. The summed E-state index contributed by atoms with van der Waals surface area (Å²) in [5, 5.41) is 9.09. The first-order chi connectivity index (χ1) is 11.5. The first-order valence-electron chi connectivity index (χ1n) is 7.09. The van der Waals surface area contributed by atoms with Gasteiger partial charge in [-0.2, -0.15) is 13.7 Å². The number of furan rings is 1. The lowest BCUT2D eigenvalue weighted by Crippen LogP contribution is -2.43. The van der Waals surface area contributed by atoms with Gasteiger partial charge < -0.3 is 4.42 Å². The van der Waals surface area contributed by atoms with E-state index < -0.39 is 16.1 Å². The zero-order chi connectivity index (χ0) is 17.2. The maximum atomic E-state index is 12.5. The molecular weight excluding hydrogens is 330 g/mol. The number of hydrogen-bond donors (Lipinski definition) is 1. The molecule has 0 atom stereocenters. The lowest BCUT2D eigenvalue weighted by molar-refractivity contribution is -0.115. The van der Waals surface area contributed by atoms with E-state index >= 15 is 0 Å². The van der Waals surface area contributed by atoms with Crippen LogP contribution in [0.1, 0.15) is 11.3 Å². The van der Waals surface area contributed by atoms with Crippen molar-refractivity contribution in [1.82, 2.24) is 4.72 Å². The third-order valence-electron chi connectivity index (χ3n) is 3.55. The first kappa shape index (κ1) is 15.8. The van der Waals surface area contributed by atoms with Crippen LogP contribution in [-0.4, -0.2) is 20.9 Å². The number of nitriles is 1. The van der Waals surface area contributed by atoms with E-state index in [0.29, 0.717) is 12.1 Å². The third kappa shape index (κ3) is 3.02. The van der Waals surface area contributed by atoms with E-state index in [4.69, 9.17) is 9.68 Å². The number of hydrogen-bond acceptors (Lipinski definition) is 5. The summed E-state index contributed by atoms with van der Waals surface area (Å²) in [6.45, 7) is 0.242. The quantitative estimate of drug-likeness (QED) is 0.671. The summed E-state index contributed by atoms with van der Waals surface area (Å²) in [7, 11) is -4.10. The number of benzene rings is 1. The van der Waals surface area contributed by atoms with Crippen LogP contribution in [0.25, 0.3) is 6.08 Å². The molecule has 0 saturated carbocycles. The lowest BCUT2D eigenvalue weighted by atomic mass is 10.2. The van der Waals surface area contributed by atoms with E-state index in [2.05, 4.69) is 0 Å². The monoisotopic (exact) mass is 343 g/mol. The molecule has 7 nitrogen and oxygen atoms in total. The summed E-state index contributed by atoms with van der Waals surface area (Å²) in [5.41, 5.74) is 1.06. The Labute approximate surface area is 139 Å². The van der Waals surface area contributed by atoms with Crippen LogP contribution in [0.5, 0.6) is 0 Å². The Balaban J connectivity index is 1.82. The fraction of sp³-hybridized carbons (Fsp3) is 0.125. The average Bonchev–Trinajstić information content (AvgIpc) is 3.21. The topological polar surface area (TPSA) is 103 Å².